The molecule has 2 aromatic rings. The zero-order valence-corrected chi connectivity index (χ0v) is 16.2. The number of aryl methyl sites for hydroxylation is 2. The van der Waals surface area contributed by atoms with Crippen LogP contribution >= 0.6 is 22.6 Å². The number of carbonyl (C=O) groups is 1. The minimum atomic E-state index is -3.57. The molecular formula is C13H17IN6O3S. The van der Waals surface area contributed by atoms with Crippen molar-refractivity contribution in [1.82, 2.24) is 28.8 Å². The number of halogens is 1. The van der Waals surface area contributed by atoms with Crippen molar-refractivity contribution in [2.75, 3.05) is 26.2 Å². The molecule has 0 atom stereocenters. The molecule has 0 spiro atoms. The van der Waals surface area contributed by atoms with E-state index < -0.39 is 10.0 Å². The van der Waals surface area contributed by atoms with Gasteiger partial charge in [-0.05, 0) is 22.6 Å². The molecule has 0 aliphatic carbocycles. The Labute approximate surface area is 153 Å². The van der Waals surface area contributed by atoms with Gasteiger partial charge in [0.2, 0.25) is 10.0 Å². The number of sulfonamides is 1. The SMILES string of the molecule is Cn1cc(S(=O)(=O)N2CCN(C(=O)c3nn(C)cc3I)CC2)cn1. The quantitative estimate of drug-likeness (QED) is 0.592. The van der Waals surface area contributed by atoms with E-state index in [9.17, 15) is 13.2 Å². The number of rotatable bonds is 3. The molecule has 11 heteroatoms. The maximum Gasteiger partial charge on any atom is 0.275 e. The van der Waals surface area contributed by atoms with E-state index in [1.807, 2.05) is 0 Å². The summed E-state index contributed by atoms with van der Waals surface area (Å²) in [7, 11) is -0.136. The van der Waals surface area contributed by atoms with Crippen LogP contribution in [0.3, 0.4) is 0 Å². The molecular weight excluding hydrogens is 447 g/mol. The van der Waals surface area contributed by atoms with E-state index in [1.165, 1.54) is 21.4 Å². The normalized spacial score (nSPS) is 16.5. The first-order valence-corrected chi connectivity index (χ1v) is 9.78. The van der Waals surface area contributed by atoms with Crippen molar-refractivity contribution < 1.29 is 13.2 Å². The molecule has 3 heterocycles. The minimum absolute atomic E-state index is 0.168. The number of amides is 1. The topological polar surface area (TPSA) is 93.3 Å². The molecule has 1 saturated heterocycles. The fourth-order valence-corrected chi connectivity index (χ4v) is 4.72. The first kappa shape index (κ1) is 17.4. The van der Waals surface area contributed by atoms with Gasteiger partial charge in [0.1, 0.15) is 4.90 Å². The first-order valence-electron chi connectivity index (χ1n) is 7.26. The Kier molecular flexibility index (Phi) is 4.66. The minimum Gasteiger partial charge on any atom is -0.335 e. The number of carbonyl (C=O) groups excluding carboxylic acids is 1. The van der Waals surface area contributed by atoms with Gasteiger partial charge in [-0.25, -0.2) is 8.42 Å². The molecule has 130 valence electrons. The monoisotopic (exact) mass is 464 g/mol. The highest BCUT2D eigenvalue weighted by atomic mass is 127. The van der Waals surface area contributed by atoms with Crippen molar-refractivity contribution in [3.05, 3.63) is 27.9 Å². The summed E-state index contributed by atoms with van der Waals surface area (Å²) in [6, 6.07) is 0. The highest BCUT2D eigenvalue weighted by Gasteiger charge is 2.32. The molecule has 24 heavy (non-hydrogen) atoms. The maximum absolute atomic E-state index is 12.6. The molecule has 0 bridgehead atoms. The summed E-state index contributed by atoms with van der Waals surface area (Å²) in [6.45, 7) is 1.19. The Hall–Kier alpha value is -1.47. The Bertz CT molecular complexity index is 866. The predicted molar refractivity (Wildman–Crippen MR) is 93.8 cm³/mol. The van der Waals surface area contributed by atoms with Gasteiger partial charge in [-0.15, -0.1) is 0 Å². The van der Waals surface area contributed by atoms with Crippen LogP contribution in [0.15, 0.2) is 23.5 Å². The van der Waals surface area contributed by atoms with Crippen molar-refractivity contribution in [1.29, 1.82) is 0 Å². The summed E-state index contributed by atoms with van der Waals surface area (Å²) in [5.41, 5.74) is 0.404. The van der Waals surface area contributed by atoms with Gasteiger partial charge in [-0.1, -0.05) is 0 Å². The Morgan fingerprint density at radius 1 is 1.12 bits per heavy atom. The molecule has 2 aromatic heterocycles. The van der Waals surface area contributed by atoms with Crippen molar-refractivity contribution in [2.45, 2.75) is 4.90 Å². The van der Waals surface area contributed by atoms with Crippen LogP contribution in [0, 0.1) is 3.57 Å². The van der Waals surface area contributed by atoms with Crippen LogP contribution in [0.25, 0.3) is 0 Å². The largest absolute Gasteiger partial charge is 0.335 e. The van der Waals surface area contributed by atoms with Gasteiger partial charge >= 0.3 is 0 Å². The van der Waals surface area contributed by atoms with Crippen LogP contribution in [0.5, 0.6) is 0 Å². The number of aromatic nitrogens is 4. The van der Waals surface area contributed by atoms with Gasteiger partial charge in [0.25, 0.3) is 5.91 Å². The number of hydrogen-bond donors (Lipinski definition) is 0. The van der Waals surface area contributed by atoms with Crippen molar-refractivity contribution in [3.8, 4) is 0 Å². The van der Waals surface area contributed by atoms with Gasteiger partial charge in [0, 0.05) is 52.7 Å². The number of hydrogen-bond acceptors (Lipinski definition) is 5. The lowest BCUT2D eigenvalue weighted by Gasteiger charge is -2.33. The molecule has 1 amide bonds. The standard InChI is InChI=1S/C13H17IN6O3S/c1-17-8-10(7-15-17)24(22,23)20-5-3-19(4-6-20)13(21)12-11(14)9-18(2)16-12/h7-9H,3-6H2,1-2H3. The molecule has 9 nitrogen and oxygen atoms in total. The van der Waals surface area contributed by atoms with Crippen LogP contribution in [0.2, 0.25) is 0 Å². The summed E-state index contributed by atoms with van der Waals surface area (Å²) in [6.07, 6.45) is 4.59. The van der Waals surface area contributed by atoms with Crippen LogP contribution in [-0.4, -0.2) is 69.3 Å². The van der Waals surface area contributed by atoms with Gasteiger partial charge in [-0.2, -0.15) is 14.5 Å². The lowest BCUT2D eigenvalue weighted by Crippen LogP contribution is -2.50. The molecule has 1 aliphatic heterocycles. The van der Waals surface area contributed by atoms with E-state index in [-0.39, 0.29) is 23.9 Å². The highest BCUT2D eigenvalue weighted by Crippen LogP contribution is 2.18. The predicted octanol–water partition coefficient (Wildman–Crippen LogP) is -0.0951. The fourth-order valence-electron chi connectivity index (χ4n) is 2.57. The lowest BCUT2D eigenvalue weighted by atomic mass is 10.3. The van der Waals surface area contributed by atoms with E-state index in [0.29, 0.717) is 18.8 Å². The summed E-state index contributed by atoms with van der Waals surface area (Å²) in [5, 5.41) is 8.09. The molecule has 0 radical (unpaired) electrons. The zero-order valence-electron chi connectivity index (χ0n) is 13.3. The summed E-state index contributed by atoms with van der Waals surface area (Å²) >= 11 is 2.07. The summed E-state index contributed by atoms with van der Waals surface area (Å²) < 4.78 is 30.3. The maximum atomic E-state index is 12.6. The Balaban J connectivity index is 1.70. The molecule has 0 aromatic carbocycles. The van der Waals surface area contributed by atoms with Crippen LogP contribution < -0.4 is 0 Å². The molecule has 0 unspecified atom stereocenters. The summed E-state index contributed by atoms with van der Waals surface area (Å²) in [5.74, 6) is -0.168. The van der Waals surface area contributed by atoms with Crippen molar-refractivity contribution in [2.24, 2.45) is 14.1 Å². The van der Waals surface area contributed by atoms with E-state index in [1.54, 1.807) is 29.9 Å². The third-order valence-corrected chi connectivity index (χ3v) is 6.47. The second kappa shape index (κ2) is 6.44. The molecule has 1 aliphatic rings. The highest BCUT2D eigenvalue weighted by molar-refractivity contribution is 14.1. The van der Waals surface area contributed by atoms with Gasteiger partial charge in [0.15, 0.2) is 5.69 Å². The van der Waals surface area contributed by atoms with Gasteiger partial charge < -0.3 is 4.90 Å². The van der Waals surface area contributed by atoms with Crippen molar-refractivity contribution in [3.63, 3.8) is 0 Å². The smallest absolute Gasteiger partial charge is 0.275 e. The number of nitrogens with zero attached hydrogens (tertiary/aromatic N) is 6. The summed E-state index contributed by atoms with van der Waals surface area (Å²) in [4.78, 5) is 14.3. The average Bonchev–Trinajstić information content (AvgIpc) is 3.12. The van der Waals surface area contributed by atoms with Crippen LogP contribution in [-0.2, 0) is 24.1 Å². The average molecular weight is 464 g/mol. The third kappa shape index (κ3) is 3.19. The van der Waals surface area contributed by atoms with Gasteiger partial charge in [-0.3, -0.25) is 14.2 Å². The van der Waals surface area contributed by atoms with Crippen LogP contribution in [0.4, 0.5) is 0 Å². The Morgan fingerprint density at radius 2 is 1.79 bits per heavy atom. The number of piperazine rings is 1. The molecule has 0 N–H and O–H groups in total. The van der Waals surface area contributed by atoms with E-state index >= 15 is 0 Å². The van der Waals surface area contributed by atoms with Gasteiger partial charge in [0.05, 0.1) is 9.77 Å². The van der Waals surface area contributed by atoms with E-state index in [4.69, 9.17) is 0 Å². The molecule has 1 fully saturated rings. The van der Waals surface area contributed by atoms with E-state index in [2.05, 4.69) is 32.8 Å². The van der Waals surface area contributed by atoms with E-state index in [0.717, 1.165) is 3.57 Å². The lowest BCUT2D eigenvalue weighted by molar-refractivity contribution is 0.0690. The zero-order chi connectivity index (χ0) is 17.5. The fraction of sp³-hybridized carbons (Fsp3) is 0.462. The van der Waals surface area contributed by atoms with Crippen LogP contribution in [0.1, 0.15) is 10.5 Å². The van der Waals surface area contributed by atoms with Crippen molar-refractivity contribution >= 4 is 38.5 Å². The second-order valence-corrected chi connectivity index (χ2v) is 8.65. The molecule has 3 rings (SSSR count). The Morgan fingerprint density at radius 3 is 2.29 bits per heavy atom. The molecule has 0 saturated carbocycles. The first-order chi connectivity index (χ1) is 11.3. The third-order valence-electron chi connectivity index (χ3n) is 3.83. The second-order valence-electron chi connectivity index (χ2n) is 5.55.